The van der Waals surface area contributed by atoms with E-state index in [1.807, 2.05) is 0 Å². The van der Waals surface area contributed by atoms with E-state index < -0.39 is 5.97 Å². The van der Waals surface area contributed by atoms with E-state index in [1.165, 1.54) is 0 Å². The SMILES string of the molecule is CSCCCn1cnc(C(=O)O)c1. The molecule has 0 unspecified atom stereocenters. The van der Waals surface area contributed by atoms with E-state index in [0.717, 1.165) is 18.7 Å². The molecule has 1 N–H and O–H groups in total. The highest BCUT2D eigenvalue weighted by Gasteiger charge is 2.05. The zero-order valence-electron chi connectivity index (χ0n) is 7.43. The lowest BCUT2D eigenvalue weighted by Crippen LogP contribution is -1.97. The number of thioether (sulfide) groups is 1. The Balaban J connectivity index is 2.44. The van der Waals surface area contributed by atoms with Gasteiger partial charge in [0, 0.05) is 12.7 Å². The van der Waals surface area contributed by atoms with Crippen LogP contribution in [0.1, 0.15) is 16.9 Å². The molecular formula is C8H12N2O2S. The molecule has 1 heterocycles. The van der Waals surface area contributed by atoms with Crippen molar-refractivity contribution < 1.29 is 9.90 Å². The minimum Gasteiger partial charge on any atom is -0.476 e. The van der Waals surface area contributed by atoms with Crippen molar-refractivity contribution in [1.29, 1.82) is 0 Å². The molecular weight excluding hydrogens is 188 g/mol. The van der Waals surface area contributed by atoms with Crippen LogP contribution >= 0.6 is 11.8 Å². The van der Waals surface area contributed by atoms with Gasteiger partial charge in [-0.15, -0.1) is 0 Å². The minimum absolute atomic E-state index is 0.115. The highest BCUT2D eigenvalue weighted by Crippen LogP contribution is 2.01. The molecule has 0 amide bonds. The number of aromatic nitrogens is 2. The average molecular weight is 200 g/mol. The number of carboxylic acids is 1. The predicted molar refractivity (Wildman–Crippen MR) is 52.2 cm³/mol. The van der Waals surface area contributed by atoms with Gasteiger partial charge in [-0.2, -0.15) is 11.8 Å². The highest BCUT2D eigenvalue weighted by molar-refractivity contribution is 7.98. The molecule has 0 fully saturated rings. The number of nitrogens with zero attached hydrogens (tertiary/aromatic N) is 2. The molecule has 1 aromatic rings. The normalized spacial score (nSPS) is 10.2. The number of carboxylic acid groups (broad SMARTS) is 1. The number of carbonyl (C=O) groups is 1. The van der Waals surface area contributed by atoms with Crippen LogP contribution in [-0.2, 0) is 6.54 Å². The summed E-state index contributed by atoms with van der Waals surface area (Å²) in [6, 6.07) is 0. The molecule has 5 heteroatoms. The number of aryl methyl sites for hydroxylation is 1. The quantitative estimate of drug-likeness (QED) is 0.729. The topological polar surface area (TPSA) is 55.1 Å². The highest BCUT2D eigenvalue weighted by atomic mass is 32.2. The lowest BCUT2D eigenvalue weighted by atomic mass is 10.4. The molecule has 1 aromatic heterocycles. The molecule has 0 aliphatic carbocycles. The van der Waals surface area contributed by atoms with Crippen LogP contribution in [0.4, 0.5) is 0 Å². The Morgan fingerprint density at radius 2 is 2.54 bits per heavy atom. The maximum Gasteiger partial charge on any atom is 0.356 e. The molecule has 0 aromatic carbocycles. The fraction of sp³-hybridized carbons (Fsp3) is 0.500. The molecule has 0 spiro atoms. The summed E-state index contributed by atoms with van der Waals surface area (Å²) >= 11 is 1.78. The van der Waals surface area contributed by atoms with Gasteiger partial charge in [-0.05, 0) is 18.4 Å². The van der Waals surface area contributed by atoms with Crippen molar-refractivity contribution in [2.75, 3.05) is 12.0 Å². The summed E-state index contributed by atoms with van der Waals surface area (Å²) in [5.41, 5.74) is 0.115. The van der Waals surface area contributed by atoms with Crippen LogP contribution in [0.15, 0.2) is 12.5 Å². The second-order valence-electron chi connectivity index (χ2n) is 2.65. The molecule has 0 atom stereocenters. The van der Waals surface area contributed by atoms with Gasteiger partial charge in [0.1, 0.15) is 0 Å². The zero-order valence-corrected chi connectivity index (χ0v) is 8.25. The van der Waals surface area contributed by atoms with E-state index in [0.29, 0.717) is 0 Å². The van der Waals surface area contributed by atoms with E-state index in [2.05, 4.69) is 11.2 Å². The van der Waals surface area contributed by atoms with Crippen LogP contribution in [0.3, 0.4) is 0 Å². The van der Waals surface area contributed by atoms with E-state index >= 15 is 0 Å². The largest absolute Gasteiger partial charge is 0.476 e. The van der Waals surface area contributed by atoms with Crippen LogP contribution in [-0.4, -0.2) is 32.6 Å². The molecule has 13 heavy (non-hydrogen) atoms. The van der Waals surface area contributed by atoms with E-state index in [4.69, 9.17) is 5.11 Å². The molecule has 0 radical (unpaired) electrons. The average Bonchev–Trinajstić information content (AvgIpc) is 2.53. The van der Waals surface area contributed by atoms with Crippen molar-refractivity contribution in [3.05, 3.63) is 18.2 Å². The van der Waals surface area contributed by atoms with Crippen LogP contribution in [0.25, 0.3) is 0 Å². The van der Waals surface area contributed by atoms with Gasteiger partial charge in [0.05, 0.1) is 6.33 Å². The maximum atomic E-state index is 10.5. The first kappa shape index (κ1) is 10.1. The van der Waals surface area contributed by atoms with Crippen LogP contribution in [0.5, 0.6) is 0 Å². The number of hydrogen-bond acceptors (Lipinski definition) is 3. The summed E-state index contributed by atoms with van der Waals surface area (Å²) in [7, 11) is 0. The molecule has 0 saturated heterocycles. The lowest BCUT2D eigenvalue weighted by molar-refractivity contribution is 0.0691. The van der Waals surface area contributed by atoms with Gasteiger partial charge in [-0.1, -0.05) is 0 Å². The monoisotopic (exact) mass is 200 g/mol. The van der Waals surface area contributed by atoms with E-state index in [-0.39, 0.29) is 5.69 Å². The predicted octanol–water partition coefficient (Wildman–Crippen LogP) is 1.33. The minimum atomic E-state index is -0.969. The van der Waals surface area contributed by atoms with Gasteiger partial charge in [-0.25, -0.2) is 9.78 Å². The second kappa shape index (κ2) is 4.91. The molecule has 72 valence electrons. The first-order valence-electron chi connectivity index (χ1n) is 3.98. The summed E-state index contributed by atoms with van der Waals surface area (Å²) in [6.45, 7) is 0.834. The van der Waals surface area contributed by atoms with Gasteiger partial charge in [0.25, 0.3) is 0 Å². The first-order valence-corrected chi connectivity index (χ1v) is 5.37. The van der Waals surface area contributed by atoms with Gasteiger partial charge in [-0.3, -0.25) is 0 Å². The van der Waals surface area contributed by atoms with E-state index in [1.54, 1.807) is 28.9 Å². The third-order valence-corrected chi connectivity index (χ3v) is 2.31. The van der Waals surface area contributed by atoms with Crippen molar-refractivity contribution in [3.8, 4) is 0 Å². The van der Waals surface area contributed by atoms with Crippen molar-refractivity contribution >= 4 is 17.7 Å². The molecule has 4 nitrogen and oxygen atoms in total. The Labute approximate surface area is 81.0 Å². The van der Waals surface area contributed by atoms with E-state index in [9.17, 15) is 4.79 Å². The van der Waals surface area contributed by atoms with Crippen LogP contribution in [0.2, 0.25) is 0 Å². The molecule has 0 saturated carbocycles. The third kappa shape index (κ3) is 3.10. The Morgan fingerprint density at radius 1 is 1.77 bits per heavy atom. The Hall–Kier alpha value is -0.970. The fourth-order valence-corrected chi connectivity index (χ4v) is 1.40. The van der Waals surface area contributed by atoms with Crippen molar-refractivity contribution in [2.24, 2.45) is 0 Å². The summed E-state index contributed by atoms with van der Waals surface area (Å²) in [6.07, 6.45) is 6.21. The van der Waals surface area contributed by atoms with Crippen LogP contribution < -0.4 is 0 Å². The maximum absolute atomic E-state index is 10.5. The number of rotatable bonds is 5. The lowest BCUT2D eigenvalue weighted by Gasteiger charge is -1.98. The van der Waals surface area contributed by atoms with Crippen molar-refractivity contribution in [3.63, 3.8) is 0 Å². The number of aromatic carboxylic acids is 1. The van der Waals surface area contributed by atoms with Crippen molar-refractivity contribution in [1.82, 2.24) is 9.55 Å². The van der Waals surface area contributed by atoms with Gasteiger partial charge >= 0.3 is 5.97 Å². The van der Waals surface area contributed by atoms with Gasteiger partial charge in [0.2, 0.25) is 0 Å². The summed E-state index contributed by atoms with van der Waals surface area (Å²) in [4.78, 5) is 14.2. The zero-order chi connectivity index (χ0) is 9.68. The summed E-state index contributed by atoms with van der Waals surface area (Å²) in [5.74, 6) is 0.115. The van der Waals surface area contributed by atoms with Gasteiger partial charge in [0.15, 0.2) is 5.69 Å². The van der Waals surface area contributed by atoms with Crippen molar-refractivity contribution in [2.45, 2.75) is 13.0 Å². The van der Waals surface area contributed by atoms with Crippen LogP contribution in [0, 0.1) is 0 Å². The number of imidazole rings is 1. The Kier molecular flexibility index (Phi) is 3.82. The molecule has 0 aliphatic heterocycles. The standard InChI is InChI=1S/C8H12N2O2S/c1-13-4-2-3-10-5-7(8(11)12)9-6-10/h5-6H,2-4H2,1H3,(H,11,12). The second-order valence-corrected chi connectivity index (χ2v) is 3.63. The smallest absolute Gasteiger partial charge is 0.356 e. The molecule has 0 bridgehead atoms. The Morgan fingerprint density at radius 3 is 3.08 bits per heavy atom. The summed E-state index contributed by atoms with van der Waals surface area (Å²) in [5, 5.41) is 8.59. The molecule has 0 aliphatic rings. The first-order chi connectivity index (χ1) is 6.24. The number of hydrogen-bond donors (Lipinski definition) is 1. The summed E-state index contributed by atoms with van der Waals surface area (Å²) < 4.78 is 1.81. The third-order valence-electron chi connectivity index (χ3n) is 1.62. The Bertz CT molecular complexity index is 285. The fourth-order valence-electron chi connectivity index (χ4n) is 0.984. The van der Waals surface area contributed by atoms with Gasteiger partial charge < -0.3 is 9.67 Å². The molecule has 1 rings (SSSR count).